The van der Waals surface area contributed by atoms with E-state index in [1.54, 1.807) is 6.20 Å². The highest BCUT2D eigenvalue weighted by Gasteiger charge is 2.34. The Labute approximate surface area is 186 Å². The second-order valence-electron chi connectivity index (χ2n) is 9.00. The van der Waals surface area contributed by atoms with E-state index in [0.717, 1.165) is 38.2 Å². The summed E-state index contributed by atoms with van der Waals surface area (Å²) < 4.78 is 0. The smallest absolute Gasteiger partial charge is 0.230 e. The number of rotatable bonds is 7. The molecule has 0 saturated carbocycles. The molecule has 166 valence electrons. The Hall–Kier alpha value is -2.40. The van der Waals surface area contributed by atoms with Crippen LogP contribution in [0.15, 0.2) is 42.6 Å². The van der Waals surface area contributed by atoms with Crippen molar-refractivity contribution in [3.05, 3.63) is 53.9 Å². The molecule has 1 N–H and O–H groups in total. The first kappa shape index (κ1) is 21.8. The maximum Gasteiger partial charge on any atom is 0.230 e. The van der Waals surface area contributed by atoms with E-state index in [1.165, 1.54) is 30.5 Å². The summed E-state index contributed by atoms with van der Waals surface area (Å²) in [6, 6.07) is 12.4. The molecule has 1 amide bonds. The fourth-order valence-electron chi connectivity index (χ4n) is 5.01. The lowest BCUT2D eigenvalue weighted by Gasteiger charge is -2.31. The van der Waals surface area contributed by atoms with Crippen molar-refractivity contribution in [2.24, 2.45) is 5.92 Å². The van der Waals surface area contributed by atoms with Crippen molar-refractivity contribution < 1.29 is 9.90 Å². The normalized spacial score (nSPS) is 19.8. The van der Waals surface area contributed by atoms with Gasteiger partial charge in [-0.05, 0) is 68.7 Å². The van der Waals surface area contributed by atoms with Gasteiger partial charge in [0, 0.05) is 31.2 Å². The maximum absolute atomic E-state index is 13.2. The molecule has 3 heterocycles. The Morgan fingerprint density at radius 2 is 1.77 bits per heavy atom. The third-order valence-corrected chi connectivity index (χ3v) is 7.18. The van der Waals surface area contributed by atoms with Crippen molar-refractivity contribution in [1.82, 2.24) is 4.98 Å². The minimum absolute atomic E-state index is 0.00818. The van der Waals surface area contributed by atoms with Gasteiger partial charge in [0.25, 0.3) is 0 Å². The molecule has 2 saturated heterocycles. The van der Waals surface area contributed by atoms with Crippen molar-refractivity contribution >= 4 is 17.3 Å². The summed E-state index contributed by atoms with van der Waals surface area (Å²) in [4.78, 5) is 22.1. The fraction of sp³-hybridized carbons (Fsp3) is 0.538. The molecule has 31 heavy (non-hydrogen) atoms. The van der Waals surface area contributed by atoms with Crippen LogP contribution < -0.4 is 9.80 Å². The molecule has 2 fully saturated rings. The van der Waals surface area contributed by atoms with Gasteiger partial charge in [-0.25, -0.2) is 0 Å². The quantitative estimate of drug-likeness (QED) is 0.706. The van der Waals surface area contributed by atoms with Crippen LogP contribution in [0.1, 0.15) is 63.6 Å². The third kappa shape index (κ3) is 4.47. The van der Waals surface area contributed by atoms with Crippen LogP contribution in [0.5, 0.6) is 0 Å². The first-order valence-electron chi connectivity index (χ1n) is 11.9. The monoisotopic (exact) mass is 421 g/mol. The van der Waals surface area contributed by atoms with Gasteiger partial charge < -0.3 is 14.9 Å². The molecule has 4 rings (SSSR count). The molecular weight excluding hydrogens is 386 g/mol. The molecule has 0 aliphatic carbocycles. The van der Waals surface area contributed by atoms with Gasteiger partial charge in [-0.15, -0.1) is 0 Å². The SMILES string of the molecule is CCC(O)(CC)c1ccc(N2CC[C@H](Cc3ccccc3N3CCCCC3)C2=O)cn1. The second-order valence-corrected chi connectivity index (χ2v) is 9.00. The molecule has 0 bridgehead atoms. The van der Waals surface area contributed by atoms with Crippen molar-refractivity contribution in [3.8, 4) is 0 Å². The first-order valence-corrected chi connectivity index (χ1v) is 11.9. The van der Waals surface area contributed by atoms with E-state index in [-0.39, 0.29) is 11.8 Å². The molecule has 2 aliphatic heterocycles. The van der Waals surface area contributed by atoms with Crippen molar-refractivity contribution in [2.45, 2.75) is 64.4 Å². The Morgan fingerprint density at radius 3 is 2.45 bits per heavy atom. The average Bonchev–Trinajstić information content (AvgIpc) is 3.19. The van der Waals surface area contributed by atoms with Crippen LogP contribution in [0.2, 0.25) is 0 Å². The standard InChI is InChI=1S/C26H35N3O2/c1-3-26(31,4-2)24-13-12-22(19-27-24)29-17-14-21(25(29)30)18-20-10-6-7-11-23(20)28-15-8-5-9-16-28/h6-7,10-13,19,21,31H,3-5,8-9,14-18H2,1-2H3/t21-/m1/s1. The second kappa shape index (κ2) is 9.39. The highest BCUT2D eigenvalue weighted by Crippen LogP contribution is 2.33. The highest BCUT2D eigenvalue weighted by molar-refractivity contribution is 5.97. The van der Waals surface area contributed by atoms with Gasteiger partial charge >= 0.3 is 0 Å². The molecule has 0 spiro atoms. The summed E-state index contributed by atoms with van der Waals surface area (Å²) in [6.07, 6.45) is 8.45. The zero-order chi connectivity index (χ0) is 21.8. The van der Waals surface area contributed by atoms with Crippen LogP contribution in [-0.4, -0.2) is 35.6 Å². The number of hydrogen-bond donors (Lipinski definition) is 1. The molecule has 1 aromatic heterocycles. The van der Waals surface area contributed by atoms with Crippen LogP contribution >= 0.6 is 0 Å². The molecule has 5 heteroatoms. The lowest BCUT2D eigenvalue weighted by atomic mass is 9.93. The Balaban J connectivity index is 1.47. The Bertz CT molecular complexity index is 886. The van der Waals surface area contributed by atoms with Gasteiger partial charge in [-0.3, -0.25) is 9.78 Å². The summed E-state index contributed by atoms with van der Waals surface area (Å²) in [5.74, 6) is 0.193. The molecule has 5 nitrogen and oxygen atoms in total. The zero-order valence-corrected chi connectivity index (χ0v) is 18.9. The molecular formula is C26H35N3O2. The number of piperidine rings is 1. The topological polar surface area (TPSA) is 56.7 Å². The predicted molar refractivity (Wildman–Crippen MR) is 125 cm³/mol. The van der Waals surface area contributed by atoms with Crippen molar-refractivity contribution in [1.29, 1.82) is 0 Å². The summed E-state index contributed by atoms with van der Waals surface area (Å²) in [5.41, 5.74) is 3.20. The van der Waals surface area contributed by atoms with E-state index >= 15 is 0 Å². The van der Waals surface area contributed by atoms with E-state index < -0.39 is 5.60 Å². The third-order valence-electron chi connectivity index (χ3n) is 7.18. The van der Waals surface area contributed by atoms with E-state index in [9.17, 15) is 9.90 Å². The van der Waals surface area contributed by atoms with Gasteiger partial charge in [-0.2, -0.15) is 0 Å². The van der Waals surface area contributed by atoms with Gasteiger partial charge in [-0.1, -0.05) is 32.0 Å². The molecule has 0 unspecified atom stereocenters. The summed E-state index contributed by atoms with van der Waals surface area (Å²) in [5, 5.41) is 10.7. The summed E-state index contributed by atoms with van der Waals surface area (Å²) in [6.45, 7) is 6.89. The van der Waals surface area contributed by atoms with Crippen molar-refractivity contribution in [2.75, 3.05) is 29.4 Å². The van der Waals surface area contributed by atoms with Crippen LogP contribution in [0.4, 0.5) is 11.4 Å². The minimum Gasteiger partial charge on any atom is -0.384 e. The van der Waals surface area contributed by atoms with Gasteiger partial charge in [0.2, 0.25) is 5.91 Å². The van der Waals surface area contributed by atoms with E-state index in [4.69, 9.17) is 0 Å². The molecule has 0 radical (unpaired) electrons. The van der Waals surface area contributed by atoms with Crippen LogP contribution in [0.25, 0.3) is 0 Å². The van der Waals surface area contributed by atoms with E-state index in [2.05, 4.69) is 34.1 Å². The number of aliphatic hydroxyl groups is 1. The zero-order valence-electron chi connectivity index (χ0n) is 18.9. The maximum atomic E-state index is 13.2. The number of pyridine rings is 1. The lowest BCUT2D eigenvalue weighted by molar-refractivity contribution is -0.120. The number of para-hydroxylation sites is 1. The number of carbonyl (C=O) groups excluding carboxylic acids is 1. The summed E-state index contributed by atoms with van der Waals surface area (Å²) in [7, 11) is 0. The molecule has 1 atom stereocenters. The number of anilines is 2. The molecule has 2 aromatic rings. The van der Waals surface area contributed by atoms with E-state index in [1.807, 2.05) is 30.9 Å². The van der Waals surface area contributed by atoms with Gasteiger partial charge in [0.05, 0.1) is 17.6 Å². The minimum atomic E-state index is -0.895. The van der Waals surface area contributed by atoms with Gasteiger partial charge in [0.15, 0.2) is 0 Å². The molecule has 1 aromatic carbocycles. The summed E-state index contributed by atoms with van der Waals surface area (Å²) >= 11 is 0. The highest BCUT2D eigenvalue weighted by atomic mass is 16.3. The fourth-order valence-corrected chi connectivity index (χ4v) is 5.01. The number of carbonyl (C=O) groups is 1. The number of hydrogen-bond acceptors (Lipinski definition) is 4. The van der Waals surface area contributed by atoms with Gasteiger partial charge in [0.1, 0.15) is 5.60 Å². The van der Waals surface area contributed by atoms with E-state index in [0.29, 0.717) is 18.5 Å². The number of nitrogens with zero attached hydrogens (tertiary/aromatic N) is 3. The number of benzene rings is 1. The van der Waals surface area contributed by atoms with Crippen LogP contribution in [0, 0.1) is 5.92 Å². The Kier molecular flexibility index (Phi) is 6.61. The number of amides is 1. The van der Waals surface area contributed by atoms with Crippen molar-refractivity contribution in [3.63, 3.8) is 0 Å². The Morgan fingerprint density at radius 1 is 1.03 bits per heavy atom. The average molecular weight is 422 g/mol. The largest absolute Gasteiger partial charge is 0.384 e. The number of aromatic nitrogens is 1. The molecule has 2 aliphatic rings. The van der Waals surface area contributed by atoms with Crippen LogP contribution in [-0.2, 0) is 16.8 Å². The predicted octanol–water partition coefficient (Wildman–Crippen LogP) is 4.68. The lowest BCUT2D eigenvalue weighted by Crippen LogP contribution is -2.31. The van der Waals surface area contributed by atoms with Crippen LogP contribution in [0.3, 0.4) is 0 Å². The first-order chi connectivity index (χ1) is 15.1.